The third-order valence-electron chi connectivity index (χ3n) is 5.91. The minimum absolute atomic E-state index is 0.293. The number of allylic oxidation sites excluding steroid dienone is 1. The van der Waals surface area contributed by atoms with Gasteiger partial charge in [0.2, 0.25) is 0 Å². The number of nitrogens with zero attached hydrogens (tertiary/aromatic N) is 4. The van der Waals surface area contributed by atoms with Crippen molar-refractivity contribution in [3.63, 3.8) is 0 Å². The smallest absolute Gasteiger partial charge is 0.144 e. The normalized spacial score (nSPS) is 15.5. The number of pyridine rings is 1. The van der Waals surface area contributed by atoms with Gasteiger partial charge in [0.05, 0.1) is 11.9 Å². The highest BCUT2D eigenvalue weighted by Gasteiger charge is 2.21. The molecule has 0 radical (unpaired) electrons. The summed E-state index contributed by atoms with van der Waals surface area (Å²) in [5.41, 5.74) is 2.30. The number of likely N-dealkylation sites (tertiary alicyclic amines) is 1. The van der Waals surface area contributed by atoms with Gasteiger partial charge in [0.25, 0.3) is 0 Å². The van der Waals surface area contributed by atoms with E-state index < -0.39 is 5.67 Å². The third kappa shape index (κ3) is 4.38. The maximum absolute atomic E-state index is 14.1. The summed E-state index contributed by atoms with van der Waals surface area (Å²) in [6, 6.07) is 8.29. The lowest BCUT2D eigenvalue weighted by molar-refractivity contribution is 0.216. The van der Waals surface area contributed by atoms with Gasteiger partial charge in [-0.3, -0.25) is 9.58 Å². The van der Waals surface area contributed by atoms with Crippen molar-refractivity contribution in [3.8, 4) is 11.1 Å². The van der Waals surface area contributed by atoms with Gasteiger partial charge in [0, 0.05) is 36.4 Å². The molecule has 0 spiro atoms. The van der Waals surface area contributed by atoms with Crippen molar-refractivity contribution in [1.29, 1.82) is 0 Å². The number of piperidine rings is 1. The number of hydrogen-bond acceptors (Lipinski definition) is 4. The van der Waals surface area contributed by atoms with Gasteiger partial charge in [-0.15, -0.1) is 0 Å². The summed E-state index contributed by atoms with van der Waals surface area (Å²) in [6.07, 6.45) is 7.63. The molecule has 0 atom stereocenters. The Morgan fingerprint density at radius 2 is 1.90 bits per heavy atom. The zero-order valence-corrected chi connectivity index (χ0v) is 18.1. The molecule has 6 heteroatoms. The summed E-state index contributed by atoms with van der Waals surface area (Å²) < 4.78 is 16.1. The predicted molar refractivity (Wildman–Crippen MR) is 121 cm³/mol. The number of rotatable bonds is 6. The van der Waals surface area contributed by atoms with Gasteiger partial charge in [-0.2, -0.15) is 5.10 Å². The molecule has 0 amide bonds. The van der Waals surface area contributed by atoms with Crippen LogP contribution in [-0.2, 0) is 13.6 Å². The highest BCUT2D eigenvalue weighted by molar-refractivity contribution is 5.88. The molecule has 3 aromatic rings. The van der Waals surface area contributed by atoms with Gasteiger partial charge in [0.1, 0.15) is 11.5 Å². The van der Waals surface area contributed by atoms with Crippen molar-refractivity contribution in [2.75, 3.05) is 18.4 Å². The maximum Gasteiger partial charge on any atom is 0.144 e. The van der Waals surface area contributed by atoms with Gasteiger partial charge >= 0.3 is 0 Å². The van der Waals surface area contributed by atoms with E-state index in [1.165, 1.54) is 38.8 Å². The fraction of sp³-hybridized carbons (Fsp3) is 0.417. The Labute approximate surface area is 177 Å². The second-order valence-electron chi connectivity index (χ2n) is 8.67. The van der Waals surface area contributed by atoms with Gasteiger partial charge in [-0.1, -0.05) is 25.1 Å². The van der Waals surface area contributed by atoms with Crippen molar-refractivity contribution in [2.45, 2.75) is 45.3 Å². The monoisotopic (exact) mass is 407 g/mol. The number of aromatic nitrogens is 3. The van der Waals surface area contributed by atoms with Crippen LogP contribution in [0.4, 0.5) is 10.2 Å². The summed E-state index contributed by atoms with van der Waals surface area (Å²) >= 11 is 0. The summed E-state index contributed by atoms with van der Waals surface area (Å²) in [7, 11) is 2.01. The molecule has 30 heavy (non-hydrogen) atoms. The molecule has 0 aliphatic carbocycles. The van der Waals surface area contributed by atoms with Crippen molar-refractivity contribution >= 4 is 16.6 Å². The van der Waals surface area contributed by atoms with Crippen LogP contribution in [0.3, 0.4) is 0 Å². The first-order valence-corrected chi connectivity index (χ1v) is 10.6. The topological polar surface area (TPSA) is 46.0 Å². The predicted octanol–water partition coefficient (Wildman–Crippen LogP) is 5.29. The Morgan fingerprint density at radius 1 is 1.13 bits per heavy atom. The highest BCUT2D eigenvalue weighted by Crippen LogP contribution is 2.30. The lowest BCUT2D eigenvalue weighted by Gasteiger charge is -2.26. The number of aryl methyl sites for hydroxylation is 1. The first kappa shape index (κ1) is 20.5. The molecule has 4 rings (SSSR count). The largest absolute Gasteiger partial charge is 0.341 e. The Morgan fingerprint density at radius 3 is 2.63 bits per heavy atom. The van der Waals surface area contributed by atoms with Crippen LogP contribution in [0, 0.1) is 0 Å². The van der Waals surface area contributed by atoms with E-state index >= 15 is 0 Å². The number of nitrogens with one attached hydrogen (secondary N) is 1. The standard InChI is InChI=1S/C24H30FN5/c1-17(24(2,3)25)28-23-13-20-12-18(8-9-19(20)14-26-23)21-15-27-29(4)22(21)16-30-10-6-5-7-11-30/h8-9,12-15H,1,5-7,10-11,16H2,2-4H3,(H,26,28). The van der Waals surface area contributed by atoms with Crippen molar-refractivity contribution in [1.82, 2.24) is 19.7 Å². The molecule has 1 N–H and O–H groups in total. The van der Waals surface area contributed by atoms with Gasteiger partial charge in [-0.05, 0) is 62.9 Å². The van der Waals surface area contributed by atoms with Crippen LogP contribution < -0.4 is 5.32 Å². The zero-order valence-electron chi connectivity index (χ0n) is 18.1. The fourth-order valence-electron chi connectivity index (χ4n) is 3.90. The van der Waals surface area contributed by atoms with Crippen LogP contribution in [0.1, 0.15) is 38.8 Å². The van der Waals surface area contributed by atoms with Crippen molar-refractivity contribution < 1.29 is 4.39 Å². The lowest BCUT2D eigenvalue weighted by atomic mass is 10.0. The summed E-state index contributed by atoms with van der Waals surface area (Å²) in [4.78, 5) is 6.92. The fourth-order valence-corrected chi connectivity index (χ4v) is 3.90. The SMILES string of the molecule is C=C(Nc1cc2cc(-c3cnn(C)c3CN3CCCCC3)ccc2cn1)C(C)(C)F. The average Bonchev–Trinajstić information content (AvgIpc) is 3.08. The van der Waals surface area contributed by atoms with Gasteiger partial charge in [0.15, 0.2) is 0 Å². The Bertz CT molecular complexity index is 1060. The molecule has 1 saturated heterocycles. The minimum atomic E-state index is -1.52. The molecule has 1 aliphatic rings. The molecule has 2 aromatic heterocycles. The van der Waals surface area contributed by atoms with Crippen LogP contribution in [0.15, 0.2) is 48.9 Å². The lowest BCUT2D eigenvalue weighted by Crippen LogP contribution is -2.30. The van der Waals surface area contributed by atoms with E-state index in [0.717, 1.165) is 41.5 Å². The molecule has 158 valence electrons. The van der Waals surface area contributed by atoms with Gasteiger partial charge in [-0.25, -0.2) is 9.37 Å². The molecule has 1 aromatic carbocycles. The quantitative estimate of drug-likeness (QED) is 0.603. The van der Waals surface area contributed by atoms with E-state index in [0.29, 0.717) is 11.5 Å². The zero-order chi connectivity index (χ0) is 21.3. The van der Waals surface area contributed by atoms with E-state index in [2.05, 4.69) is 45.1 Å². The van der Waals surface area contributed by atoms with Crippen molar-refractivity contribution in [3.05, 3.63) is 54.6 Å². The average molecular weight is 408 g/mol. The molecule has 0 bridgehead atoms. The van der Waals surface area contributed by atoms with Gasteiger partial charge < -0.3 is 5.32 Å². The molecule has 1 fully saturated rings. The molecular weight excluding hydrogens is 377 g/mol. The molecule has 3 heterocycles. The Balaban J connectivity index is 1.64. The second-order valence-corrected chi connectivity index (χ2v) is 8.67. The van der Waals surface area contributed by atoms with E-state index in [4.69, 9.17) is 0 Å². The number of alkyl halides is 1. The van der Waals surface area contributed by atoms with Crippen LogP contribution in [-0.4, -0.2) is 38.4 Å². The van der Waals surface area contributed by atoms with Crippen LogP contribution in [0.5, 0.6) is 0 Å². The summed E-state index contributed by atoms with van der Waals surface area (Å²) in [5, 5.41) is 9.62. The first-order chi connectivity index (χ1) is 14.3. The summed E-state index contributed by atoms with van der Waals surface area (Å²) in [6.45, 7) is 9.97. The maximum atomic E-state index is 14.1. The van der Waals surface area contributed by atoms with Crippen LogP contribution in [0.2, 0.25) is 0 Å². The number of benzene rings is 1. The van der Waals surface area contributed by atoms with Crippen LogP contribution in [0.25, 0.3) is 21.9 Å². The second kappa shape index (κ2) is 8.19. The van der Waals surface area contributed by atoms with E-state index in [9.17, 15) is 4.39 Å². The third-order valence-corrected chi connectivity index (χ3v) is 5.91. The first-order valence-electron chi connectivity index (χ1n) is 10.6. The number of fused-ring (bicyclic) bond motifs is 1. The molecular formula is C24H30FN5. The van der Waals surface area contributed by atoms with E-state index in [1.54, 1.807) is 6.20 Å². The van der Waals surface area contributed by atoms with E-state index in [-0.39, 0.29) is 0 Å². The van der Waals surface area contributed by atoms with Crippen molar-refractivity contribution in [2.24, 2.45) is 7.05 Å². The number of hydrogen-bond donors (Lipinski definition) is 1. The van der Waals surface area contributed by atoms with Crippen LogP contribution >= 0.6 is 0 Å². The molecule has 5 nitrogen and oxygen atoms in total. The Hall–Kier alpha value is -2.73. The molecule has 1 aliphatic heterocycles. The Kier molecular flexibility index (Phi) is 5.60. The highest BCUT2D eigenvalue weighted by atomic mass is 19.1. The molecule has 0 unspecified atom stereocenters. The van der Waals surface area contributed by atoms with E-state index in [1.807, 2.05) is 24.0 Å². The number of anilines is 1. The molecule has 0 saturated carbocycles. The number of halogens is 1. The minimum Gasteiger partial charge on any atom is -0.341 e. The summed E-state index contributed by atoms with van der Waals surface area (Å²) in [5.74, 6) is 0.593.